The Balaban J connectivity index is 2.59. The van der Waals surface area contributed by atoms with Gasteiger partial charge in [0.2, 0.25) is 6.29 Å². The first kappa shape index (κ1) is 16.0. The number of benzene rings is 1. The zero-order valence-corrected chi connectivity index (χ0v) is 12.3. The minimum absolute atomic E-state index is 0.290. The first-order valence-electron chi connectivity index (χ1n) is 6.35. The van der Waals surface area contributed by atoms with E-state index in [0.717, 1.165) is 11.1 Å². The van der Waals surface area contributed by atoms with Gasteiger partial charge in [0.15, 0.2) is 0 Å². The predicted octanol–water partition coefficient (Wildman–Crippen LogP) is 2.66. The molecule has 0 aliphatic carbocycles. The van der Waals surface area contributed by atoms with Crippen molar-refractivity contribution >= 4 is 17.5 Å². The SMILES string of the molecule is CCOC(OCC)C(=O)NCc1cccc(C)c1Cl. The van der Waals surface area contributed by atoms with Crippen molar-refractivity contribution in [1.82, 2.24) is 5.32 Å². The van der Waals surface area contributed by atoms with Crippen LogP contribution >= 0.6 is 11.6 Å². The fraction of sp³-hybridized carbons (Fsp3) is 0.500. The van der Waals surface area contributed by atoms with Crippen LogP contribution in [0, 0.1) is 6.92 Å². The summed E-state index contributed by atoms with van der Waals surface area (Å²) in [7, 11) is 0. The summed E-state index contributed by atoms with van der Waals surface area (Å²) < 4.78 is 10.4. The van der Waals surface area contributed by atoms with Crippen molar-refractivity contribution < 1.29 is 14.3 Å². The van der Waals surface area contributed by atoms with Gasteiger partial charge in [-0.1, -0.05) is 29.8 Å². The molecule has 0 bridgehead atoms. The Morgan fingerprint density at radius 1 is 1.32 bits per heavy atom. The fourth-order valence-corrected chi connectivity index (χ4v) is 1.81. The minimum atomic E-state index is -0.862. The van der Waals surface area contributed by atoms with Crippen molar-refractivity contribution in [1.29, 1.82) is 0 Å². The number of aryl methyl sites for hydroxylation is 1. The number of rotatable bonds is 7. The van der Waals surface area contributed by atoms with Crippen LogP contribution in [0.3, 0.4) is 0 Å². The molecule has 0 aliphatic rings. The van der Waals surface area contributed by atoms with Gasteiger partial charge in [0.05, 0.1) is 0 Å². The summed E-state index contributed by atoms with van der Waals surface area (Å²) in [6.45, 7) is 6.76. The van der Waals surface area contributed by atoms with Crippen molar-refractivity contribution in [2.75, 3.05) is 13.2 Å². The van der Waals surface area contributed by atoms with E-state index in [1.807, 2.05) is 39.0 Å². The molecule has 4 nitrogen and oxygen atoms in total. The highest BCUT2D eigenvalue weighted by Crippen LogP contribution is 2.19. The van der Waals surface area contributed by atoms with E-state index in [2.05, 4.69) is 5.32 Å². The van der Waals surface area contributed by atoms with Crippen LogP contribution in [0.15, 0.2) is 18.2 Å². The van der Waals surface area contributed by atoms with E-state index in [0.29, 0.717) is 24.8 Å². The zero-order chi connectivity index (χ0) is 14.3. The van der Waals surface area contributed by atoms with E-state index in [1.165, 1.54) is 0 Å². The van der Waals surface area contributed by atoms with Crippen LogP contribution in [0.1, 0.15) is 25.0 Å². The van der Waals surface area contributed by atoms with Crippen molar-refractivity contribution in [2.45, 2.75) is 33.6 Å². The quantitative estimate of drug-likeness (QED) is 0.784. The molecule has 0 unspecified atom stereocenters. The molecular weight excluding hydrogens is 266 g/mol. The molecule has 0 spiro atoms. The summed E-state index contributed by atoms with van der Waals surface area (Å²) in [6, 6.07) is 5.72. The van der Waals surface area contributed by atoms with Gasteiger partial charge in [-0.2, -0.15) is 0 Å². The average Bonchev–Trinajstić information content (AvgIpc) is 2.40. The lowest BCUT2D eigenvalue weighted by molar-refractivity contribution is -0.170. The van der Waals surface area contributed by atoms with Gasteiger partial charge >= 0.3 is 0 Å². The number of halogens is 1. The number of hydrogen-bond acceptors (Lipinski definition) is 3. The Morgan fingerprint density at radius 3 is 2.53 bits per heavy atom. The lowest BCUT2D eigenvalue weighted by atomic mass is 10.1. The lowest BCUT2D eigenvalue weighted by Gasteiger charge is -2.16. The molecule has 0 heterocycles. The Labute approximate surface area is 119 Å². The molecule has 0 fully saturated rings. The smallest absolute Gasteiger partial charge is 0.277 e. The first-order valence-corrected chi connectivity index (χ1v) is 6.72. The Morgan fingerprint density at radius 2 is 1.95 bits per heavy atom. The maximum Gasteiger partial charge on any atom is 0.277 e. The van der Waals surface area contributed by atoms with E-state index >= 15 is 0 Å². The van der Waals surface area contributed by atoms with Crippen molar-refractivity contribution in [3.63, 3.8) is 0 Å². The number of hydrogen-bond donors (Lipinski definition) is 1. The summed E-state index contributed by atoms with van der Waals surface area (Å²) in [4.78, 5) is 11.9. The molecule has 5 heteroatoms. The van der Waals surface area contributed by atoms with Gasteiger partial charge in [-0.15, -0.1) is 0 Å². The van der Waals surface area contributed by atoms with Crippen molar-refractivity contribution in [2.24, 2.45) is 0 Å². The molecule has 0 saturated carbocycles. The molecule has 0 radical (unpaired) electrons. The largest absolute Gasteiger partial charge is 0.348 e. The van der Waals surface area contributed by atoms with Crippen LogP contribution in [-0.4, -0.2) is 25.4 Å². The maximum atomic E-state index is 11.9. The van der Waals surface area contributed by atoms with Gasteiger partial charge in [-0.25, -0.2) is 0 Å². The first-order chi connectivity index (χ1) is 9.10. The number of ether oxygens (including phenoxy) is 2. The summed E-state index contributed by atoms with van der Waals surface area (Å²) >= 11 is 6.16. The van der Waals surface area contributed by atoms with E-state index < -0.39 is 6.29 Å². The third kappa shape index (κ3) is 4.82. The van der Waals surface area contributed by atoms with Crippen LogP contribution < -0.4 is 5.32 Å². The predicted molar refractivity (Wildman–Crippen MR) is 75.1 cm³/mol. The topological polar surface area (TPSA) is 47.6 Å². The van der Waals surface area contributed by atoms with Gasteiger partial charge in [0.1, 0.15) is 0 Å². The molecule has 0 aliphatic heterocycles. The highest BCUT2D eigenvalue weighted by Gasteiger charge is 2.18. The van der Waals surface area contributed by atoms with Gasteiger partial charge in [-0.3, -0.25) is 4.79 Å². The monoisotopic (exact) mass is 285 g/mol. The summed E-state index contributed by atoms with van der Waals surface area (Å²) in [5.74, 6) is -0.290. The third-order valence-corrected chi connectivity index (χ3v) is 3.12. The van der Waals surface area contributed by atoms with Crippen LogP contribution in [0.5, 0.6) is 0 Å². The molecule has 1 amide bonds. The molecule has 0 aromatic heterocycles. The molecule has 1 rings (SSSR count). The highest BCUT2D eigenvalue weighted by atomic mass is 35.5. The molecule has 106 valence electrons. The van der Waals surface area contributed by atoms with Gasteiger partial charge in [0, 0.05) is 24.8 Å². The third-order valence-electron chi connectivity index (χ3n) is 2.58. The highest BCUT2D eigenvalue weighted by molar-refractivity contribution is 6.32. The molecule has 0 saturated heterocycles. The summed E-state index contributed by atoms with van der Waals surface area (Å²) in [6.07, 6.45) is -0.862. The molecule has 19 heavy (non-hydrogen) atoms. The fourth-order valence-electron chi connectivity index (χ4n) is 1.61. The van der Waals surface area contributed by atoms with Crippen LogP contribution in [0.25, 0.3) is 0 Å². The molecular formula is C14H20ClNO3. The zero-order valence-electron chi connectivity index (χ0n) is 11.5. The Kier molecular flexibility index (Phi) is 6.84. The van der Waals surface area contributed by atoms with Gasteiger partial charge in [0.25, 0.3) is 5.91 Å². The van der Waals surface area contributed by atoms with Crippen LogP contribution in [0.2, 0.25) is 5.02 Å². The second kappa shape index (κ2) is 8.15. The number of carbonyl (C=O) groups excluding carboxylic acids is 1. The summed E-state index contributed by atoms with van der Waals surface area (Å²) in [5, 5.41) is 3.44. The Bertz CT molecular complexity index is 417. The standard InChI is InChI=1S/C14H20ClNO3/c1-4-18-14(19-5-2)13(17)16-9-11-8-6-7-10(3)12(11)15/h6-8,14H,4-5,9H2,1-3H3,(H,16,17). The van der Waals surface area contributed by atoms with Crippen LogP contribution in [0.4, 0.5) is 0 Å². The minimum Gasteiger partial charge on any atom is -0.348 e. The molecule has 0 atom stereocenters. The lowest BCUT2D eigenvalue weighted by Crippen LogP contribution is -2.38. The van der Waals surface area contributed by atoms with Gasteiger partial charge in [-0.05, 0) is 31.9 Å². The van der Waals surface area contributed by atoms with Crippen molar-refractivity contribution in [3.8, 4) is 0 Å². The van der Waals surface area contributed by atoms with E-state index in [-0.39, 0.29) is 5.91 Å². The molecule has 1 aromatic rings. The second-order valence-electron chi connectivity index (χ2n) is 4.01. The van der Waals surface area contributed by atoms with E-state index in [1.54, 1.807) is 0 Å². The number of carbonyl (C=O) groups is 1. The molecule has 1 N–H and O–H groups in total. The second-order valence-corrected chi connectivity index (χ2v) is 4.39. The molecule has 1 aromatic carbocycles. The Hall–Kier alpha value is -1.10. The number of amides is 1. The van der Waals surface area contributed by atoms with Gasteiger partial charge < -0.3 is 14.8 Å². The average molecular weight is 286 g/mol. The number of nitrogens with one attached hydrogen (secondary N) is 1. The van der Waals surface area contributed by atoms with E-state index in [4.69, 9.17) is 21.1 Å². The normalized spacial score (nSPS) is 10.8. The summed E-state index contributed by atoms with van der Waals surface area (Å²) in [5.41, 5.74) is 1.86. The van der Waals surface area contributed by atoms with Crippen molar-refractivity contribution in [3.05, 3.63) is 34.3 Å². The maximum absolute atomic E-state index is 11.9. The van der Waals surface area contributed by atoms with E-state index in [9.17, 15) is 4.79 Å². The van der Waals surface area contributed by atoms with Crippen LogP contribution in [-0.2, 0) is 20.8 Å².